The molecule has 1 aromatic carbocycles. The van der Waals surface area contributed by atoms with E-state index in [2.05, 4.69) is 24.5 Å². The summed E-state index contributed by atoms with van der Waals surface area (Å²) < 4.78 is 0. The molecule has 4 heteroatoms. The molecule has 1 aromatic rings. The van der Waals surface area contributed by atoms with Gasteiger partial charge in [0.1, 0.15) is 0 Å². The molecule has 1 aliphatic carbocycles. The molecule has 4 nitrogen and oxygen atoms in total. The van der Waals surface area contributed by atoms with Gasteiger partial charge in [-0.2, -0.15) is 0 Å². The largest absolute Gasteiger partial charge is 0.349 e. The van der Waals surface area contributed by atoms with Crippen LogP contribution in [0.1, 0.15) is 56.0 Å². The van der Waals surface area contributed by atoms with Gasteiger partial charge >= 0.3 is 0 Å². The zero-order valence-corrected chi connectivity index (χ0v) is 13.9. The Morgan fingerprint density at radius 1 is 1.18 bits per heavy atom. The van der Waals surface area contributed by atoms with Gasteiger partial charge in [0.05, 0.1) is 0 Å². The fraction of sp³-hybridized carbons (Fsp3) is 0.556. The van der Waals surface area contributed by atoms with Gasteiger partial charge in [0.25, 0.3) is 5.91 Å². The van der Waals surface area contributed by atoms with Crippen molar-refractivity contribution in [1.82, 2.24) is 5.32 Å². The minimum atomic E-state index is -0.129. The van der Waals surface area contributed by atoms with Crippen LogP contribution in [0.25, 0.3) is 0 Å². The lowest BCUT2D eigenvalue weighted by Crippen LogP contribution is -2.42. The molecule has 0 aromatic heterocycles. The van der Waals surface area contributed by atoms with Gasteiger partial charge in [0.15, 0.2) is 0 Å². The molecule has 0 radical (unpaired) electrons. The summed E-state index contributed by atoms with van der Waals surface area (Å²) in [6, 6.07) is 5.67. The van der Waals surface area contributed by atoms with Gasteiger partial charge in [-0.3, -0.25) is 9.59 Å². The monoisotopic (exact) mass is 302 g/mol. The standard InChI is InChI=1S/C18H26N2O2/c1-11-5-6-12(2)16(9-11)20-18(22)15-8-7-13(3)17(10-15)19-14(4)21/h7-8,10-12,16H,5-6,9H2,1-4H3,(H,19,21)(H,20,22)/t11-,12-,16-/m0/s1. The Bertz CT molecular complexity index is 568. The molecule has 1 fully saturated rings. The average molecular weight is 302 g/mol. The number of hydrogen-bond donors (Lipinski definition) is 2. The van der Waals surface area contributed by atoms with Crippen LogP contribution in [0.15, 0.2) is 18.2 Å². The Hall–Kier alpha value is -1.84. The number of rotatable bonds is 3. The van der Waals surface area contributed by atoms with Crippen molar-refractivity contribution in [3.05, 3.63) is 29.3 Å². The highest BCUT2D eigenvalue weighted by atomic mass is 16.2. The maximum atomic E-state index is 12.5. The molecule has 2 rings (SSSR count). The molecule has 0 aliphatic heterocycles. The normalized spacial score (nSPS) is 24.6. The number of carbonyl (C=O) groups excluding carboxylic acids is 2. The number of nitrogens with one attached hydrogen (secondary N) is 2. The van der Waals surface area contributed by atoms with E-state index in [0.29, 0.717) is 23.1 Å². The molecule has 0 heterocycles. The van der Waals surface area contributed by atoms with E-state index in [-0.39, 0.29) is 17.9 Å². The van der Waals surface area contributed by atoms with Gasteiger partial charge < -0.3 is 10.6 Å². The number of anilines is 1. The van der Waals surface area contributed by atoms with E-state index in [4.69, 9.17) is 0 Å². The lowest BCUT2D eigenvalue weighted by Gasteiger charge is -2.33. The van der Waals surface area contributed by atoms with Crippen molar-refractivity contribution in [2.24, 2.45) is 11.8 Å². The van der Waals surface area contributed by atoms with Crippen molar-refractivity contribution >= 4 is 17.5 Å². The van der Waals surface area contributed by atoms with Gasteiger partial charge in [-0.05, 0) is 49.3 Å². The predicted molar refractivity (Wildman–Crippen MR) is 88.9 cm³/mol. The second kappa shape index (κ2) is 6.95. The molecule has 1 saturated carbocycles. The van der Waals surface area contributed by atoms with Gasteiger partial charge in [0, 0.05) is 24.2 Å². The second-order valence-electron chi connectivity index (χ2n) is 6.69. The highest BCUT2D eigenvalue weighted by molar-refractivity contribution is 5.97. The van der Waals surface area contributed by atoms with Crippen LogP contribution in [0.4, 0.5) is 5.69 Å². The smallest absolute Gasteiger partial charge is 0.251 e. The van der Waals surface area contributed by atoms with E-state index in [9.17, 15) is 9.59 Å². The number of carbonyl (C=O) groups is 2. The summed E-state index contributed by atoms with van der Waals surface area (Å²) in [7, 11) is 0. The molecular weight excluding hydrogens is 276 g/mol. The molecular formula is C18H26N2O2. The summed E-state index contributed by atoms with van der Waals surface area (Å²) in [5.74, 6) is 0.989. The van der Waals surface area contributed by atoms with Crippen LogP contribution in [0, 0.1) is 18.8 Å². The third-order valence-corrected chi connectivity index (χ3v) is 4.58. The summed E-state index contributed by atoms with van der Waals surface area (Å²) in [4.78, 5) is 23.7. The fourth-order valence-electron chi connectivity index (χ4n) is 3.07. The quantitative estimate of drug-likeness (QED) is 0.897. The van der Waals surface area contributed by atoms with E-state index < -0.39 is 0 Å². The highest BCUT2D eigenvalue weighted by Gasteiger charge is 2.27. The topological polar surface area (TPSA) is 58.2 Å². The maximum absolute atomic E-state index is 12.5. The Morgan fingerprint density at radius 3 is 2.59 bits per heavy atom. The number of benzene rings is 1. The Morgan fingerprint density at radius 2 is 1.91 bits per heavy atom. The second-order valence-corrected chi connectivity index (χ2v) is 6.69. The zero-order valence-electron chi connectivity index (χ0n) is 13.9. The first kappa shape index (κ1) is 16.5. The van der Waals surface area contributed by atoms with Crippen LogP contribution in [0.2, 0.25) is 0 Å². The molecule has 2 N–H and O–H groups in total. The van der Waals surface area contributed by atoms with Crippen LogP contribution < -0.4 is 10.6 Å². The molecule has 3 atom stereocenters. The van der Waals surface area contributed by atoms with Crippen molar-refractivity contribution in [2.45, 2.75) is 53.0 Å². The van der Waals surface area contributed by atoms with Crippen molar-refractivity contribution < 1.29 is 9.59 Å². The summed E-state index contributed by atoms with van der Waals surface area (Å²) >= 11 is 0. The SMILES string of the molecule is CC(=O)Nc1cc(C(=O)N[C@H]2C[C@@H](C)CC[C@@H]2C)ccc1C. The molecule has 0 spiro atoms. The van der Waals surface area contributed by atoms with Crippen LogP contribution in [0.5, 0.6) is 0 Å². The summed E-state index contributed by atoms with van der Waals surface area (Å²) in [6.45, 7) is 7.83. The third kappa shape index (κ3) is 4.09. The molecule has 120 valence electrons. The highest BCUT2D eigenvalue weighted by Crippen LogP contribution is 2.28. The number of hydrogen-bond acceptors (Lipinski definition) is 2. The van der Waals surface area contributed by atoms with E-state index in [1.54, 1.807) is 6.07 Å². The molecule has 1 aliphatic rings. The van der Waals surface area contributed by atoms with Crippen LogP contribution in [-0.4, -0.2) is 17.9 Å². The van der Waals surface area contributed by atoms with Crippen molar-refractivity contribution in [3.8, 4) is 0 Å². The maximum Gasteiger partial charge on any atom is 0.251 e. The minimum absolute atomic E-state index is 0.0578. The van der Waals surface area contributed by atoms with E-state index in [0.717, 1.165) is 18.4 Å². The molecule has 0 saturated heterocycles. The zero-order chi connectivity index (χ0) is 16.3. The summed E-state index contributed by atoms with van der Waals surface area (Å²) in [5, 5.41) is 5.93. The van der Waals surface area contributed by atoms with Crippen LogP contribution >= 0.6 is 0 Å². The average Bonchev–Trinajstić information content (AvgIpc) is 2.44. The first-order valence-electron chi connectivity index (χ1n) is 8.06. The minimum Gasteiger partial charge on any atom is -0.349 e. The number of aryl methyl sites for hydroxylation is 1. The summed E-state index contributed by atoms with van der Waals surface area (Å²) in [6.07, 6.45) is 3.44. The third-order valence-electron chi connectivity index (χ3n) is 4.58. The molecule has 0 bridgehead atoms. The molecule has 22 heavy (non-hydrogen) atoms. The van der Waals surface area contributed by atoms with Crippen molar-refractivity contribution in [1.29, 1.82) is 0 Å². The first-order chi connectivity index (χ1) is 10.4. The lowest BCUT2D eigenvalue weighted by molar-refractivity contribution is -0.114. The first-order valence-corrected chi connectivity index (χ1v) is 8.06. The summed E-state index contributed by atoms with van der Waals surface area (Å²) in [5.41, 5.74) is 2.25. The van der Waals surface area contributed by atoms with Crippen LogP contribution in [-0.2, 0) is 4.79 Å². The van der Waals surface area contributed by atoms with E-state index in [1.807, 2.05) is 19.1 Å². The molecule has 2 amide bonds. The Labute approximate surface area is 132 Å². The van der Waals surface area contributed by atoms with E-state index >= 15 is 0 Å². The Balaban J connectivity index is 2.10. The van der Waals surface area contributed by atoms with Gasteiger partial charge in [-0.25, -0.2) is 0 Å². The van der Waals surface area contributed by atoms with Gasteiger partial charge in [-0.1, -0.05) is 26.3 Å². The van der Waals surface area contributed by atoms with Crippen LogP contribution in [0.3, 0.4) is 0 Å². The van der Waals surface area contributed by atoms with E-state index in [1.165, 1.54) is 13.3 Å². The fourth-order valence-corrected chi connectivity index (χ4v) is 3.07. The van der Waals surface area contributed by atoms with Crippen molar-refractivity contribution in [2.75, 3.05) is 5.32 Å². The predicted octanol–water partition coefficient (Wildman–Crippen LogP) is 3.51. The molecule has 0 unspecified atom stereocenters. The van der Waals surface area contributed by atoms with Gasteiger partial charge in [0.2, 0.25) is 5.91 Å². The van der Waals surface area contributed by atoms with Crippen molar-refractivity contribution in [3.63, 3.8) is 0 Å². The number of amides is 2. The lowest BCUT2D eigenvalue weighted by atomic mass is 9.80. The Kier molecular flexibility index (Phi) is 5.22. The van der Waals surface area contributed by atoms with Gasteiger partial charge in [-0.15, -0.1) is 0 Å².